The second-order valence-electron chi connectivity index (χ2n) is 4.86. The molecule has 0 bridgehead atoms. The smallest absolute Gasteiger partial charge is 0.124 e. The minimum atomic E-state index is -0.561. The number of aliphatic hydroxyl groups is 1. The number of aliphatic hydroxyl groups excluding tert-OH is 1. The Morgan fingerprint density at radius 1 is 1.28 bits per heavy atom. The highest BCUT2D eigenvalue weighted by molar-refractivity contribution is 5.44. The van der Waals surface area contributed by atoms with E-state index in [1.165, 1.54) is 0 Å². The van der Waals surface area contributed by atoms with Crippen LogP contribution < -0.4 is 14.8 Å². The predicted octanol–water partition coefficient (Wildman–Crippen LogP) is 1.91. The first-order chi connectivity index (χ1) is 8.46. The van der Waals surface area contributed by atoms with Gasteiger partial charge in [-0.3, -0.25) is 0 Å². The Balaban J connectivity index is 3.25. The molecule has 1 atom stereocenters. The number of rotatable bonds is 6. The lowest BCUT2D eigenvalue weighted by atomic mass is 9.91. The SMILES string of the molecule is COc1ccc(OC)c(C(C)(CO)NC(C)C)c1. The molecule has 1 rings (SSSR count). The van der Waals surface area contributed by atoms with Gasteiger partial charge in [0, 0.05) is 11.6 Å². The molecule has 0 saturated carbocycles. The summed E-state index contributed by atoms with van der Waals surface area (Å²) in [4.78, 5) is 0. The number of methoxy groups -OCH3 is 2. The van der Waals surface area contributed by atoms with Crippen molar-refractivity contribution in [2.45, 2.75) is 32.4 Å². The van der Waals surface area contributed by atoms with Crippen LogP contribution >= 0.6 is 0 Å². The highest BCUT2D eigenvalue weighted by Crippen LogP contribution is 2.33. The summed E-state index contributed by atoms with van der Waals surface area (Å²) in [7, 11) is 3.25. The number of hydrogen-bond donors (Lipinski definition) is 2. The fourth-order valence-electron chi connectivity index (χ4n) is 2.09. The second-order valence-corrected chi connectivity index (χ2v) is 4.86. The van der Waals surface area contributed by atoms with Crippen molar-refractivity contribution in [1.29, 1.82) is 0 Å². The van der Waals surface area contributed by atoms with Crippen LogP contribution in [-0.4, -0.2) is 32.0 Å². The van der Waals surface area contributed by atoms with Crippen LogP contribution in [0.5, 0.6) is 11.5 Å². The zero-order chi connectivity index (χ0) is 13.8. The summed E-state index contributed by atoms with van der Waals surface area (Å²) >= 11 is 0. The molecule has 0 fully saturated rings. The quantitative estimate of drug-likeness (QED) is 0.813. The van der Waals surface area contributed by atoms with Gasteiger partial charge in [-0.05, 0) is 39.0 Å². The third kappa shape index (κ3) is 3.15. The highest BCUT2D eigenvalue weighted by Gasteiger charge is 2.30. The van der Waals surface area contributed by atoms with Gasteiger partial charge in [0.2, 0.25) is 0 Å². The first-order valence-electron chi connectivity index (χ1n) is 6.08. The first-order valence-corrected chi connectivity index (χ1v) is 6.08. The van der Waals surface area contributed by atoms with Gasteiger partial charge in [-0.25, -0.2) is 0 Å². The minimum Gasteiger partial charge on any atom is -0.497 e. The Kier molecular flexibility index (Phi) is 4.99. The van der Waals surface area contributed by atoms with Crippen LogP contribution in [0, 0.1) is 0 Å². The van der Waals surface area contributed by atoms with E-state index in [1.54, 1.807) is 14.2 Å². The molecule has 2 N–H and O–H groups in total. The molecule has 0 aliphatic heterocycles. The van der Waals surface area contributed by atoms with Crippen LogP contribution in [0.15, 0.2) is 18.2 Å². The molecule has 0 amide bonds. The second kappa shape index (κ2) is 6.07. The largest absolute Gasteiger partial charge is 0.497 e. The molecule has 0 radical (unpaired) electrons. The third-order valence-corrected chi connectivity index (χ3v) is 2.92. The van der Waals surface area contributed by atoms with E-state index >= 15 is 0 Å². The summed E-state index contributed by atoms with van der Waals surface area (Å²) in [6, 6.07) is 5.84. The van der Waals surface area contributed by atoms with Crippen molar-refractivity contribution in [3.63, 3.8) is 0 Å². The van der Waals surface area contributed by atoms with Gasteiger partial charge in [0.1, 0.15) is 11.5 Å². The van der Waals surface area contributed by atoms with Gasteiger partial charge < -0.3 is 19.9 Å². The molecule has 0 heterocycles. The summed E-state index contributed by atoms with van der Waals surface area (Å²) in [5.74, 6) is 1.48. The summed E-state index contributed by atoms with van der Waals surface area (Å²) in [5.41, 5.74) is 0.328. The molecule has 1 aromatic rings. The molecule has 0 aliphatic carbocycles. The topological polar surface area (TPSA) is 50.7 Å². The Labute approximate surface area is 109 Å². The Hall–Kier alpha value is -1.26. The molecule has 1 unspecified atom stereocenters. The summed E-state index contributed by atoms with van der Waals surface area (Å²) in [5, 5.41) is 13.1. The maximum Gasteiger partial charge on any atom is 0.124 e. The standard InChI is InChI=1S/C14H23NO3/c1-10(2)15-14(3,9-16)12-8-11(17-4)6-7-13(12)18-5/h6-8,10,15-16H,9H2,1-5H3. The average Bonchev–Trinajstić information content (AvgIpc) is 2.37. The van der Waals surface area contributed by atoms with E-state index < -0.39 is 5.54 Å². The van der Waals surface area contributed by atoms with Crippen molar-refractivity contribution in [3.8, 4) is 11.5 Å². The van der Waals surface area contributed by atoms with E-state index in [2.05, 4.69) is 5.32 Å². The molecule has 0 aliphatic rings. The van der Waals surface area contributed by atoms with E-state index in [4.69, 9.17) is 9.47 Å². The van der Waals surface area contributed by atoms with Gasteiger partial charge >= 0.3 is 0 Å². The number of nitrogens with one attached hydrogen (secondary N) is 1. The number of hydrogen-bond acceptors (Lipinski definition) is 4. The van der Waals surface area contributed by atoms with E-state index in [0.29, 0.717) is 0 Å². The summed E-state index contributed by atoms with van der Waals surface area (Å²) in [6.07, 6.45) is 0. The third-order valence-electron chi connectivity index (χ3n) is 2.92. The van der Waals surface area contributed by atoms with Crippen LogP contribution in [0.25, 0.3) is 0 Å². The van der Waals surface area contributed by atoms with Crippen LogP contribution in [0.4, 0.5) is 0 Å². The summed E-state index contributed by atoms with van der Waals surface area (Å²) < 4.78 is 10.6. The molecule has 4 nitrogen and oxygen atoms in total. The lowest BCUT2D eigenvalue weighted by Crippen LogP contribution is -2.46. The highest BCUT2D eigenvalue weighted by atomic mass is 16.5. The molecule has 4 heteroatoms. The van der Waals surface area contributed by atoms with Crippen molar-refractivity contribution in [1.82, 2.24) is 5.32 Å². The van der Waals surface area contributed by atoms with Crippen molar-refractivity contribution in [3.05, 3.63) is 23.8 Å². The van der Waals surface area contributed by atoms with Gasteiger partial charge in [0.15, 0.2) is 0 Å². The molecule has 0 saturated heterocycles. The normalized spacial score (nSPS) is 14.4. The van der Waals surface area contributed by atoms with Crippen molar-refractivity contribution in [2.24, 2.45) is 0 Å². The summed E-state index contributed by atoms with van der Waals surface area (Å²) in [6.45, 7) is 6.01. The maximum atomic E-state index is 9.71. The molecule has 1 aromatic carbocycles. The van der Waals surface area contributed by atoms with Crippen LogP contribution in [0.3, 0.4) is 0 Å². The van der Waals surface area contributed by atoms with Gasteiger partial charge in [-0.15, -0.1) is 0 Å². The lowest BCUT2D eigenvalue weighted by molar-refractivity contribution is 0.162. The van der Waals surface area contributed by atoms with Crippen molar-refractivity contribution in [2.75, 3.05) is 20.8 Å². The Bertz CT molecular complexity index is 393. The van der Waals surface area contributed by atoms with Crippen molar-refractivity contribution >= 4 is 0 Å². The van der Waals surface area contributed by atoms with Gasteiger partial charge in [0.25, 0.3) is 0 Å². The molecule has 102 valence electrons. The van der Waals surface area contributed by atoms with Gasteiger partial charge in [-0.1, -0.05) is 0 Å². The fraction of sp³-hybridized carbons (Fsp3) is 0.571. The van der Waals surface area contributed by atoms with E-state index in [1.807, 2.05) is 39.0 Å². The molecule has 18 heavy (non-hydrogen) atoms. The molecule has 0 aromatic heterocycles. The van der Waals surface area contributed by atoms with E-state index in [9.17, 15) is 5.11 Å². The van der Waals surface area contributed by atoms with Crippen LogP contribution in [-0.2, 0) is 5.54 Å². The monoisotopic (exact) mass is 253 g/mol. The molecular weight excluding hydrogens is 230 g/mol. The predicted molar refractivity (Wildman–Crippen MR) is 72.3 cm³/mol. The van der Waals surface area contributed by atoms with E-state index in [0.717, 1.165) is 17.1 Å². The number of benzene rings is 1. The van der Waals surface area contributed by atoms with Gasteiger partial charge in [0.05, 0.1) is 26.4 Å². The van der Waals surface area contributed by atoms with Crippen LogP contribution in [0.2, 0.25) is 0 Å². The minimum absolute atomic E-state index is 0.0191. The lowest BCUT2D eigenvalue weighted by Gasteiger charge is -2.33. The van der Waals surface area contributed by atoms with E-state index in [-0.39, 0.29) is 12.6 Å². The maximum absolute atomic E-state index is 9.71. The number of ether oxygens (including phenoxy) is 2. The molecule has 0 spiro atoms. The first kappa shape index (κ1) is 14.8. The Morgan fingerprint density at radius 3 is 2.39 bits per heavy atom. The zero-order valence-corrected chi connectivity index (χ0v) is 11.8. The molecular formula is C14H23NO3. The average molecular weight is 253 g/mol. The Morgan fingerprint density at radius 2 is 1.94 bits per heavy atom. The zero-order valence-electron chi connectivity index (χ0n) is 11.8. The van der Waals surface area contributed by atoms with Crippen LogP contribution in [0.1, 0.15) is 26.3 Å². The fourth-order valence-corrected chi connectivity index (χ4v) is 2.09. The van der Waals surface area contributed by atoms with Gasteiger partial charge in [-0.2, -0.15) is 0 Å². The van der Waals surface area contributed by atoms with Crippen molar-refractivity contribution < 1.29 is 14.6 Å².